The molecule has 0 aromatic heterocycles. The summed E-state index contributed by atoms with van der Waals surface area (Å²) in [6.07, 6.45) is 5.65. The third-order valence-electron chi connectivity index (χ3n) is 2.69. The molecule has 2 atom stereocenters. The topological polar surface area (TPSA) is 21.3 Å². The van der Waals surface area contributed by atoms with Crippen LogP contribution < -0.4 is 5.32 Å². The van der Waals surface area contributed by atoms with Gasteiger partial charge in [-0.3, -0.25) is 0 Å². The average molecular weight is 199 g/mol. The van der Waals surface area contributed by atoms with Crippen molar-refractivity contribution in [3.05, 3.63) is 12.7 Å². The van der Waals surface area contributed by atoms with Crippen LogP contribution in [0.2, 0.25) is 0 Å². The van der Waals surface area contributed by atoms with E-state index in [1.54, 1.807) is 7.11 Å². The molecule has 0 aliphatic carbocycles. The zero-order valence-electron chi connectivity index (χ0n) is 9.88. The fourth-order valence-electron chi connectivity index (χ4n) is 1.42. The molecule has 0 rings (SSSR count). The van der Waals surface area contributed by atoms with Gasteiger partial charge in [-0.05, 0) is 32.1 Å². The molecule has 0 bridgehead atoms. The fourth-order valence-corrected chi connectivity index (χ4v) is 1.42. The summed E-state index contributed by atoms with van der Waals surface area (Å²) >= 11 is 0. The molecule has 2 unspecified atom stereocenters. The molecule has 14 heavy (non-hydrogen) atoms. The predicted octanol–water partition coefficient (Wildman–Crippen LogP) is 2.60. The van der Waals surface area contributed by atoms with Crippen molar-refractivity contribution >= 4 is 0 Å². The predicted molar refractivity (Wildman–Crippen MR) is 62.6 cm³/mol. The molecule has 0 aliphatic heterocycles. The highest BCUT2D eigenvalue weighted by molar-refractivity contribution is 4.71. The number of ether oxygens (including phenoxy) is 1. The lowest BCUT2D eigenvalue weighted by Gasteiger charge is -2.20. The lowest BCUT2D eigenvalue weighted by atomic mass is 9.97. The second-order valence-corrected chi connectivity index (χ2v) is 3.93. The maximum absolute atomic E-state index is 4.99. The first kappa shape index (κ1) is 13.7. The highest BCUT2D eigenvalue weighted by Gasteiger charge is 2.10. The quantitative estimate of drug-likeness (QED) is 0.455. The SMILES string of the molecule is C=CCCCC(C)C(C)NCCOC. The summed E-state index contributed by atoms with van der Waals surface area (Å²) < 4.78 is 4.99. The molecule has 2 heteroatoms. The van der Waals surface area contributed by atoms with E-state index >= 15 is 0 Å². The van der Waals surface area contributed by atoms with Crippen molar-refractivity contribution in [2.75, 3.05) is 20.3 Å². The Kier molecular flexibility index (Phi) is 9.00. The maximum atomic E-state index is 4.99. The van der Waals surface area contributed by atoms with E-state index in [1.807, 2.05) is 6.08 Å². The van der Waals surface area contributed by atoms with Crippen LogP contribution in [0.3, 0.4) is 0 Å². The Morgan fingerprint density at radius 1 is 1.43 bits per heavy atom. The monoisotopic (exact) mass is 199 g/mol. The standard InChI is InChI=1S/C12H25NO/c1-5-6-7-8-11(2)12(3)13-9-10-14-4/h5,11-13H,1,6-10H2,2-4H3. The molecule has 2 nitrogen and oxygen atoms in total. The van der Waals surface area contributed by atoms with Crippen molar-refractivity contribution in [3.8, 4) is 0 Å². The minimum Gasteiger partial charge on any atom is -0.383 e. The molecule has 0 saturated carbocycles. The molecule has 0 radical (unpaired) electrons. The number of rotatable bonds is 9. The summed E-state index contributed by atoms with van der Waals surface area (Å²) in [5, 5.41) is 3.46. The lowest BCUT2D eigenvalue weighted by Crippen LogP contribution is -2.34. The molecule has 0 aliphatic rings. The summed E-state index contributed by atoms with van der Waals surface area (Å²) in [6, 6.07) is 0.579. The van der Waals surface area contributed by atoms with Gasteiger partial charge in [-0.1, -0.05) is 13.0 Å². The second-order valence-electron chi connectivity index (χ2n) is 3.93. The van der Waals surface area contributed by atoms with Crippen molar-refractivity contribution in [2.45, 2.75) is 39.2 Å². The molecule has 0 fully saturated rings. The van der Waals surface area contributed by atoms with Gasteiger partial charge in [0.2, 0.25) is 0 Å². The highest BCUT2D eigenvalue weighted by Crippen LogP contribution is 2.12. The molecular formula is C12H25NO. The van der Waals surface area contributed by atoms with E-state index in [-0.39, 0.29) is 0 Å². The van der Waals surface area contributed by atoms with E-state index in [9.17, 15) is 0 Å². The molecule has 0 heterocycles. The van der Waals surface area contributed by atoms with Crippen LogP contribution in [0, 0.1) is 5.92 Å². The van der Waals surface area contributed by atoms with Gasteiger partial charge >= 0.3 is 0 Å². The normalized spacial score (nSPS) is 15.1. The summed E-state index contributed by atoms with van der Waals surface area (Å²) in [6.45, 7) is 10.0. The van der Waals surface area contributed by atoms with Crippen LogP contribution in [-0.2, 0) is 4.74 Å². The van der Waals surface area contributed by atoms with Crippen molar-refractivity contribution in [1.82, 2.24) is 5.32 Å². The molecule has 0 aromatic carbocycles. The number of hydrogen-bond acceptors (Lipinski definition) is 2. The van der Waals surface area contributed by atoms with Gasteiger partial charge in [-0.2, -0.15) is 0 Å². The Morgan fingerprint density at radius 3 is 2.71 bits per heavy atom. The third kappa shape index (κ3) is 7.10. The van der Waals surface area contributed by atoms with Crippen molar-refractivity contribution in [2.24, 2.45) is 5.92 Å². The van der Waals surface area contributed by atoms with Gasteiger partial charge in [-0.15, -0.1) is 6.58 Å². The van der Waals surface area contributed by atoms with Crippen LogP contribution >= 0.6 is 0 Å². The van der Waals surface area contributed by atoms with Gasteiger partial charge in [0.25, 0.3) is 0 Å². The molecule has 0 aromatic rings. The Morgan fingerprint density at radius 2 is 2.14 bits per heavy atom. The van der Waals surface area contributed by atoms with Crippen molar-refractivity contribution in [1.29, 1.82) is 0 Å². The van der Waals surface area contributed by atoms with Crippen LogP contribution in [0.4, 0.5) is 0 Å². The van der Waals surface area contributed by atoms with E-state index in [0.29, 0.717) is 6.04 Å². The number of nitrogens with one attached hydrogen (secondary N) is 1. The van der Waals surface area contributed by atoms with E-state index in [0.717, 1.165) is 25.5 Å². The zero-order valence-corrected chi connectivity index (χ0v) is 9.88. The van der Waals surface area contributed by atoms with Gasteiger partial charge in [0, 0.05) is 19.7 Å². The average Bonchev–Trinajstić information content (AvgIpc) is 2.18. The van der Waals surface area contributed by atoms with Gasteiger partial charge in [-0.25, -0.2) is 0 Å². The van der Waals surface area contributed by atoms with Crippen LogP contribution in [-0.4, -0.2) is 26.3 Å². The summed E-state index contributed by atoms with van der Waals surface area (Å²) in [5.74, 6) is 0.729. The molecule has 0 spiro atoms. The minimum absolute atomic E-state index is 0.579. The highest BCUT2D eigenvalue weighted by atomic mass is 16.5. The second kappa shape index (κ2) is 9.22. The summed E-state index contributed by atoms with van der Waals surface area (Å²) in [5.41, 5.74) is 0. The first-order valence-corrected chi connectivity index (χ1v) is 5.55. The number of methoxy groups -OCH3 is 1. The molecule has 84 valence electrons. The van der Waals surface area contributed by atoms with E-state index in [4.69, 9.17) is 4.74 Å². The summed E-state index contributed by atoms with van der Waals surface area (Å²) in [4.78, 5) is 0. The van der Waals surface area contributed by atoms with E-state index in [1.165, 1.54) is 12.8 Å². The van der Waals surface area contributed by atoms with Crippen molar-refractivity contribution in [3.63, 3.8) is 0 Å². The van der Waals surface area contributed by atoms with E-state index < -0.39 is 0 Å². The Labute approximate surface area is 88.7 Å². The van der Waals surface area contributed by atoms with Gasteiger partial charge in [0.05, 0.1) is 6.61 Å². The molecular weight excluding hydrogens is 174 g/mol. The summed E-state index contributed by atoms with van der Waals surface area (Å²) in [7, 11) is 1.74. The molecule has 0 amide bonds. The Bertz CT molecular complexity index is 136. The minimum atomic E-state index is 0.579. The number of hydrogen-bond donors (Lipinski definition) is 1. The van der Waals surface area contributed by atoms with Crippen LogP contribution in [0.5, 0.6) is 0 Å². The van der Waals surface area contributed by atoms with E-state index in [2.05, 4.69) is 25.7 Å². The maximum Gasteiger partial charge on any atom is 0.0587 e. The molecule has 0 saturated heterocycles. The van der Waals surface area contributed by atoms with Gasteiger partial charge < -0.3 is 10.1 Å². The van der Waals surface area contributed by atoms with Crippen molar-refractivity contribution < 1.29 is 4.74 Å². The first-order valence-electron chi connectivity index (χ1n) is 5.55. The van der Waals surface area contributed by atoms with Gasteiger partial charge in [0.1, 0.15) is 0 Å². The number of allylic oxidation sites excluding steroid dienone is 1. The Balaban J connectivity index is 3.43. The number of unbranched alkanes of at least 4 members (excludes halogenated alkanes) is 1. The van der Waals surface area contributed by atoms with Crippen LogP contribution in [0.25, 0.3) is 0 Å². The zero-order chi connectivity index (χ0) is 10.8. The van der Waals surface area contributed by atoms with Crippen LogP contribution in [0.1, 0.15) is 33.1 Å². The van der Waals surface area contributed by atoms with Gasteiger partial charge in [0.15, 0.2) is 0 Å². The molecule has 1 N–H and O–H groups in total. The smallest absolute Gasteiger partial charge is 0.0587 e. The fraction of sp³-hybridized carbons (Fsp3) is 0.833. The Hall–Kier alpha value is -0.340. The van der Waals surface area contributed by atoms with Crippen LogP contribution in [0.15, 0.2) is 12.7 Å². The first-order chi connectivity index (χ1) is 6.72. The third-order valence-corrected chi connectivity index (χ3v) is 2.69. The largest absolute Gasteiger partial charge is 0.383 e. The lowest BCUT2D eigenvalue weighted by molar-refractivity contribution is 0.192.